The first kappa shape index (κ1) is 15.7. The Bertz CT molecular complexity index is 157. The minimum Gasteiger partial charge on any atom is -0.0885 e. The van der Waals surface area contributed by atoms with Crippen LogP contribution in [0.15, 0.2) is 12.2 Å². The Labute approximate surface area is 104 Å². The van der Waals surface area contributed by atoms with Gasteiger partial charge in [-0.2, -0.15) is 0 Å². The van der Waals surface area contributed by atoms with Crippen molar-refractivity contribution in [3.05, 3.63) is 12.2 Å². The van der Waals surface area contributed by atoms with Crippen LogP contribution in [0.1, 0.15) is 79.1 Å². The standard InChI is InChI=1S/C16H32/c1-5-8-10-11-13-15(4)16(12-7-3)14-9-6-2/h9,14-16H,5-8,10-13H2,1-4H3. The third-order valence-electron chi connectivity index (χ3n) is 3.48. The smallest absolute Gasteiger partial charge is 0.0208 e. The minimum absolute atomic E-state index is 0.826. The lowest BCUT2D eigenvalue weighted by molar-refractivity contribution is 0.363. The van der Waals surface area contributed by atoms with Crippen LogP contribution in [0.4, 0.5) is 0 Å². The third-order valence-corrected chi connectivity index (χ3v) is 3.48. The fourth-order valence-corrected chi connectivity index (χ4v) is 2.32. The summed E-state index contributed by atoms with van der Waals surface area (Å²) in [5, 5.41) is 0. The molecule has 2 atom stereocenters. The number of unbranched alkanes of at least 4 members (excludes halogenated alkanes) is 3. The van der Waals surface area contributed by atoms with E-state index in [4.69, 9.17) is 0 Å². The second-order valence-corrected chi connectivity index (χ2v) is 5.12. The zero-order chi connectivity index (χ0) is 12.2. The van der Waals surface area contributed by atoms with Gasteiger partial charge in [0.2, 0.25) is 0 Å². The molecule has 0 saturated carbocycles. The Morgan fingerprint density at radius 2 is 1.62 bits per heavy atom. The molecule has 0 bridgehead atoms. The fourth-order valence-electron chi connectivity index (χ4n) is 2.32. The normalized spacial score (nSPS) is 15.5. The first-order chi connectivity index (χ1) is 7.76. The molecule has 0 aromatic heterocycles. The van der Waals surface area contributed by atoms with Crippen molar-refractivity contribution in [2.24, 2.45) is 11.8 Å². The van der Waals surface area contributed by atoms with E-state index in [1.54, 1.807) is 0 Å². The van der Waals surface area contributed by atoms with Gasteiger partial charge in [0.1, 0.15) is 0 Å². The first-order valence-corrected chi connectivity index (χ1v) is 7.42. The largest absolute Gasteiger partial charge is 0.0885 e. The second kappa shape index (κ2) is 11.2. The molecule has 0 nitrogen and oxygen atoms in total. The van der Waals surface area contributed by atoms with Gasteiger partial charge in [-0.25, -0.2) is 0 Å². The predicted octanol–water partition coefficient (Wildman–Crippen LogP) is 5.98. The molecule has 0 radical (unpaired) electrons. The molecular formula is C16H32. The Balaban J connectivity index is 3.86. The van der Waals surface area contributed by atoms with E-state index in [1.165, 1.54) is 51.4 Å². The van der Waals surface area contributed by atoms with Crippen molar-refractivity contribution in [1.82, 2.24) is 0 Å². The molecular weight excluding hydrogens is 192 g/mol. The van der Waals surface area contributed by atoms with Crippen LogP contribution in [0.3, 0.4) is 0 Å². The second-order valence-electron chi connectivity index (χ2n) is 5.12. The Hall–Kier alpha value is -0.260. The van der Waals surface area contributed by atoms with E-state index >= 15 is 0 Å². The molecule has 0 heteroatoms. The Morgan fingerprint density at radius 1 is 0.875 bits per heavy atom. The highest BCUT2D eigenvalue weighted by atomic mass is 14.2. The van der Waals surface area contributed by atoms with E-state index in [1.807, 2.05) is 0 Å². The van der Waals surface area contributed by atoms with Gasteiger partial charge in [-0.15, -0.1) is 0 Å². The van der Waals surface area contributed by atoms with Crippen LogP contribution in [0, 0.1) is 11.8 Å². The van der Waals surface area contributed by atoms with Crippen LogP contribution in [0.25, 0.3) is 0 Å². The molecule has 0 rings (SSSR count). The number of hydrogen-bond acceptors (Lipinski definition) is 0. The molecule has 16 heavy (non-hydrogen) atoms. The lowest BCUT2D eigenvalue weighted by atomic mass is 9.85. The molecule has 0 aliphatic heterocycles. The van der Waals surface area contributed by atoms with Crippen molar-refractivity contribution in [2.75, 3.05) is 0 Å². The number of allylic oxidation sites excluding steroid dienone is 2. The SMILES string of the molecule is CCC=CC(CCC)C(C)CCCCCC. The quantitative estimate of drug-likeness (QED) is 0.316. The molecule has 0 aliphatic rings. The van der Waals surface area contributed by atoms with E-state index in [2.05, 4.69) is 39.8 Å². The van der Waals surface area contributed by atoms with E-state index in [0.29, 0.717) is 0 Å². The average Bonchev–Trinajstić information content (AvgIpc) is 2.29. The van der Waals surface area contributed by atoms with Gasteiger partial charge in [-0.1, -0.05) is 78.4 Å². The fraction of sp³-hybridized carbons (Fsp3) is 0.875. The lowest BCUT2D eigenvalue weighted by Crippen LogP contribution is -2.09. The van der Waals surface area contributed by atoms with Gasteiger partial charge in [-0.05, 0) is 24.7 Å². The molecule has 0 aromatic rings. The van der Waals surface area contributed by atoms with Crippen molar-refractivity contribution >= 4 is 0 Å². The van der Waals surface area contributed by atoms with Crippen LogP contribution >= 0.6 is 0 Å². The van der Waals surface area contributed by atoms with Crippen molar-refractivity contribution in [1.29, 1.82) is 0 Å². The van der Waals surface area contributed by atoms with Gasteiger partial charge >= 0.3 is 0 Å². The summed E-state index contributed by atoms with van der Waals surface area (Å²) in [5.41, 5.74) is 0. The van der Waals surface area contributed by atoms with Gasteiger partial charge in [0.25, 0.3) is 0 Å². The molecule has 0 spiro atoms. The van der Waals surface area contributed by atoms with Crippen molar-refractivity contribution in [3.8, 4) is 0 Å². The lowest BCUT2D eigenvalue weighted by Gasteiger charge is -2.20. The van der Waals surface area contributed by atoms with Gasteiger partial charge in [0.15, 0.2) is 0 Å². The average molecular weight is 224 g/mol. The minimum atomic E-state index is 0.826. The molecule has 0 saturated heterocycles. The maximum absolute atomic E-state index is 2.47. The van der Waals surface area contributed by atoms with Gasteiger partial charge in [0.05, 0.1) is 0 Å². The number of hydrogen-bond donors (Lipinski definition) is 0. The highest BCUT2D eigenvalue weighted by Gasteiger charge is 2.12. The third kappa shape index (κ3) is 7.96. The highest BCUT2D eigenvalue weighted by molar-refractivity contribution is 4.89. The molecule has 96 valence electrons. The van der Waals surface area contributed by atoms with E-state index in [-0.39, 0.29) is 0 Å². The summed E-state index contributed by atoms with van der Waals surface area (Å²) in [4.78, 5) is 0. The van der Waals surface area contributed by atoms with Crippen LogP contribution in [0.2, 0.25) is 0 Å². The summed E-state index contributed by atoms with van der Waals surface area (Å²) in [7, 11) is 0. The molecule has 0 heterocycles. The summed E-state index contributed by atoms with van der Waals surface area (Å²) < 4.78 is 0. The highest BCUT2D eigenvalue weighted by Crippen LogP contribution is 2.24. The van der Waals surface area contributed by atoms with Gasteiger partial charge in [-0.3, -0.25) is 0 Å². The van der Waals surface area contributed by atoms with E-state index in [0.717, 1.165) is 11.8 Å². The molecule has 0 aromatic carbocycles. The summed E-state index contributed by atoms with van der Waals surface area (Å²) >= 11 is 0. The number of rotatable bonds is 10. The summed E-state index contributed by atoms with van der Waals surface area (Å²) in [6.45, 7) is 9.25. The topological polar surface area (TPSA) is 0 Å². The van der Waals surface area contributed by atoms with Crippen LogP contribution < -0.4 is 0 Å². The maximum Gasteiger partial charge on any atom is -0.0208 e. The van der Waals surface area contributed by atoms with Crippen LogP contribution in [-0.2, 0) is 0 Å². The maximum atomic E-state index is 2.47. The molecule has 2 unspecified atom stereocenters. The Morgan fingerprint density at radius 3 is 2.19 bits per heavy atom. The van der Waals surface area contributed by atoms with Crippen LogP contribution in [0.5, 0.6) is 0 Å². The van der Waals surface area contributed by atoms with Gasteiger partial charge in [0, 0.05) is 0 Å². The van der Waals surface area contributed by atoms with E-state index < -0.39 is 0 Å². The first-order valence-electron chi connectivity index (χ1n) is 7.42. The summed E-state index contributed by atoms with van der Waals surface area (Å²) in [5.74, 6) is 1.70. The zero-order valence-corrected chi connectivity index (χ0v) is 12.0. The molecule has 0 fully saturated rings. The van der Waals surface area contributed by atoms with Crippen molar-refractivity contribution < 1.29 is 0 Å². The van der Waals surface area contributed by atoms with E-state index in [9.17, 15) is 0 Å². The Kier molecular flexibility index (Phi) is 11.0. The zero-order valence-electron chi connectivity index (χ0n) is 12.0. The molecule has 0 amide bonds. The van der Waals surface area contributed by atoms with Crippen molar-refractivity contribution in [2.45, 2.75) is 79.1 Å². The molecule has 0 aliphatic carbocycles. The monoisotopic (exact) mass is 224 g/mol. The predicted molar refractivity (Wildman–Crippen MR) is 75.8 cm³/mol. The summed E-state index contributed by atoms with van der Waals surface area (Å²) in [6.07, 6.45) is 15.7. The summed E-state index contributed by atoms with van der Waals surface area (Å²) in [6, 6.07) is 0. The van der Waals surface area contributed by atoms with Crippen molar-refractivity contribution in [3.63, 3.8) is 0 Å². The van der Waals surface area contributed by atoms with Gasteiger partial charge < -0.3 is 0 Å². The molecule has 0 N–H and O–H groups in total. The van der Waals surface area contributed by atoms with Crippen LogP contribution in [-0.4, -0.2) is 0 Å².